The second-order valence-corrected chi connectivity index (χ2v) is 4.98. The highest BCUT2D eigenvalue weighted by Crippen LogP contribution is 2.08. The van der Waals surface area contributed by atoms with E-state index in [9.17, 15) is 9.59 Å². The molecule has 2 aromatic heterocycles. The predicted molar refractivity (Wildman–Crippen MR) is 82.5 cm³/mol. The molecule has 0 aliphatic carbocycles. The van der Waals surface area contributed by atoms with Gasteiger partial charge in [0.2, 0.25) is 5.91 Å². The average Bonchev–Trinajstić information content (AvgIpc) is 2.90. The van der Waals surface area contributed by atoms with E-state index >= 15 is 0 Å². The molecule has 0 saturated heterocycles. The molecule has 0 aliphatic heterocycles. The zero-order chi connectivity index (χ0) is 15.5. The molecule has 0 saturated carbocycles. The van der Waals surface area contributed by atoms with Crippen molar-refractivity contribution >= 4 is 22.6 Å². The normalized spacial score (nSPS) is 10.8. The molecule has 3 rings (SSSR count). The molecule has 1 aromatic carbocycles. The number of anilines is 1. The van der Waals surface area contributed by atoms with E-state index in [0.29, 0.717) is 22.4 Å². The third kappa shape index (κ3) is 3.03. The minimum Gasteiger partial charge on any atom is -0.323 e. The van der Waals surface area contributed by atoms with Crippen LogP contribution in [0.3, 0.4) is 0 Å². The molecule has 2 N–H and O–H groups in total. The number of para-hydroxylation sites is 2. The molecule has 0 aliphatic rings. The van der Waals surface area contributed by atoms with Gasteiger partial charge in [-0.25, -0.2) is 4.98 Å². The number of hydrogen-bond acceptors (Lipinski definition) is 4. The SMILES string of the molecule is Cn1cc(NC(=O)CCc2nc3ccccc3[nH]c2=O)cn1. The molecule has 0 bridgehead atoms. The molecular weight excluding hydrogens is 282 g/mol. The van der Waals surface area contributed by atoms with Gasteiger partial charge in [-0.05, 0) is 12.1 Å². The number of H-pyrrole nitrogens is 1. The molecule has 22 heavy (non-hydrogen) atoms. The Kier molecular flexibility index (Phi) is 3.69. The number of rotatable bonds is 4. The maximum atomic E-state index is 11.9. The van der Waals surface area contributed by atoms with E-state index in [2.05, 4.69) is 20.4 Å². The summed E-state index contributed by atoms with van der Waals surface area (Å²) >= 11 is 0. The van der Waals surface area contributed by atoms with E-state index in [1.165, 1.54) is 0 Å². The fourth-order valence-electron chi connectivity index (χ4n) is 2.18. The van der Waals surface area contributed by atoms with Gasteiger partial charge in [-0.1, -0.05) is 12.1 Å². The third-order valence-electron chi connectivity index (χ3n) is 3.25. The van der Waals surface area contributed by atoms with Crippen molar-refractivity contribution in [3.05, 3.63) is 52.7 Å². The van der Waals surface area contributed by atoms with Crippen molar-refractivity contribution in [2.24, 2.45) is 7.05 Å². The average molecular weight is 297 g/mol. The summed E-state index contributed by atoms with van der Waals surface area (Å²) in [6.45, 7) is 0. The smallest absolute Gasteiger partial charge is 0.270 e. The molecule has 0 radical (unpaired) electrons. The number of hydrogen-bond donors (Lipinski definition) is 2. The number of aromatic amines is 1. The van der Waals surface area contributed by atoms with E-state index in [1.807, 2.05) is 18.2 Å². The Labute approximate surface area is 126 Å². The first kappa shape index (κ1) is 14.0. The Hall–Kier alpha value is -2.96. The summed E-state index contributed by atoms with van der Waals surface area (Å²) in [5.74, 6) is -0.178. The highest BCUT2D eigenvalue weighted by molar-refractivity contribution is 5.90. The van der Waals surface area contributed by atoms with Gasteiger partial charge in [-0.15, -0.1) is 0 Å². The molecule has 1 amide bonds. The van der Waals surface area contributed by atoms with Crippen molar-refractivity contribution in [1.29, 1.82) is 0 Å². The van der Waals surface area contributed by atoms with E-state index in [0.717, 1.165) is 0 Å². The van der Waals surface area contributed by atoms with Crippen LogP contribution in [0.25, 0.3) is 11.0 Å². The minimum atomic E-state index is -0.257. The lowest BCUT2D eigenvalue weighted by Crippen LogP contribution is -2.18. The Morgan fingerprint density at radius 2 is 2.18 bits per heavy atom. The molecule has 7 heteroatoms. The van der Waals surface area contributed by atoms with Gasteiger partial charge < -0.3 is 10.3 Å². The number of nitrogens with one attached hydrogen (secondary N) is 2. The highest BCUT2D eigenvalue weighted by Gasteiger charge is 2.09. The Balaban J connectivity index is 1.69. The number of fused-ring (bicyclic) bond motifs is 1. The van der Waals surface area contributed by atoms with Crippen LogP contribution in [0, 0.1) is 0 Å². The summed E-state index contributed by atoms with van der Waals surface area (Å²) in [6.07, 6.45) is 3.74. The van der Waals surface area contributed by atoms with Crippen LogP contribution in [0.4, 0.5) is 5.69 Å². The van der Waals surface area contributed by atoms with Crippen LogP contribution >= 0.6 is 0 Å². The van der Waals surface area contributed by atoms with Gasteiger partial charge in [0.1, 0.15) is 5.69 Å². The summed E-state index contributed by atoms with van der Waals surface area (Å²) in [6, 6.07) is 7.31. The molecule has 0 fully saturated rings. The Morgan fingerprint density at radius 1 is 1.36 bits per heavy atom. The number of benzene rings is 1. The maximum absolute atomic E-state index is 11.9. The van der Waals surface area contributed by atoms with E-state index in [-0.39, 0.29) is 24.3 Å². The number of amides is 1. The van der Waals surface area contributed by atoms with Gasteiger partial charge >= 0.3 is 0 Å². The first-order valence-electron chi connectivity index (χ1n) is 6.88. The topological polar surface area (TPSA) is 92.7 Å². The van der Waals surface area contributed by atoms with Gasteiger partial charge in [-0.2, -0.15) is 5.10 Å². The molecule has 112 valence electrons. The molecule has 0 unspecified atom stereocenters. The van der Waals surface area contributed by atoms with Crippen LogP contribution in [0.15, 0.2) is 41.5 Å². The van der Waals surface area contributed by atoms with E-state index in [1.54, 1.807) is 30.2 Å². The quantitative estimate of drug-likeness (QED) is 0.757. The van der Waals surface area contributed by atoms with Gasteiger partial charge in [0.15, 0.2) is 0 Å². The summed E-state index contributed by atoms with van der Waals surface area (Å²) < 4.78 is 1.60. The van der Waals surface area contributed by atoms with Crippen LogP contribution in [0.1, 0.15) is 12.1 Å². The van der Waals surface area contributed by atoms with Gasteiger partial charge in [0.25, 0.3) is 5.56 Å². The monoisotopic (exact) mass is 297 g/mol. The lowest BCUT2D eigenvalue weighted by atomic mass is 10.2. The number of aromatic nitrogens is 4. The highest BCUT2D eigenvalue weighted by atomic mass is 16.1. The number of aryl methyl sites for hydroxylation is 2. The first-order chi connectivity index (χ1) is 10.6. The van der Waals surface area contributed by atoms with Gasteiger partial charge in [0, 0.05) is 26.1 Å². The zero-order valence-electron chi connectivity index (χ0n) is 12.0. The van der Waals surface area contributed by atoms with Crippen molar-refractivity contribution < 1.29 is 4.79 Å². The van der Waals surface area contributed by atoms with Crippen LogP contribution in [0.2, 0.25) is 0 Å². The zero-order valence-corrected chi connectivity index (χ0v) is 12.0. The van der Waals surface area contributed by atoms with Crippen LogP contribution in [-0.4, -0.2) is 25.7 Å². The lowest BCUT2D eigenvalue weighted by Gasteiger charge is -2.03. The van der Waals surface area contributed by atoms with Gasteiger partial charge in [0.05, 0.1) is 22.9 Å². The van der Waals surface area contributed by atoms with E-state index in [4.69, 9.17) is 0 Å². The molecule has 3 aromatic rings. The van der Waals surface area contributed by atoms with Crippen molar-refractivity contribution in [3.63, 3.8) is 0 Å². The van der Waals surface area contributed by atoms with Crippen LogP contribution < -0.4 is 10.9 Å². The van der Waals surface area contributed by atoms with Crippen molar-refractivity contribution in [1.82, 2.24) is 19.7 Å². The maximum Gasteiger partial charge on any atom is 0.270 e. The summed E-state index contributed by atoms with van der Waals surface area (Å²) in [7, 11) is 1.77. The van der Waals surface area contributed by atoms with Gasteiger partial charge in [-0.3, -0.25) is 14.3 Å². The number of nitrogens with zero attached hydrogens (tertiary/aromatic N) is 3. The number of carbonyl (C=O) groups excluding carboxylic acids is 1. The van der Waals surface area contributed by atoms with Crippen molar-refractivity contribution in [2.45, 2.75) is 12.8 Å². The number of carbonyl (C=O) groups is 1. The Bertz CT molecular complexity index is 881. The van der Waals surface area contributed by atoms with Crippen LogP contribution in [-0.2, 0) is 18.3 Å². The fraction of sp³-hybridized carbons (Fsp3) is 0.200. The standard InChI is InChI=1S/C15H15N5O2/c1-20-9-10(8-16-20)17-14(21)7-6-13-15(22)19-12-5-3-2-4-11(12)18-13/h2-5,8-9H,6-7H2,1H3,(H,17,21)(H,19,22). The summed E-state index contributed by atoms with van der Waals surface area (Å²) in [5, 5.41) is 6.70. The predicted octanol–water partition coefficient (Wildman–Crippen LogP) is 1.23. The third-order valence-corrected chi connectivity index (χ3v) is 3.25. The lowest BCUT2D eigenvalue weighted by molar-refractivity contribution is -0.116. The second kappa shape index (κ2) is 5.80. The Morgan fingerprint density at radius 3 is 2.95 bits per heavy atom. The first-order valence-corrected chi connectivity index (χ1v) is 6.88. The minimum absolute atomic E-state index is 0.178. The van der Waals surface area contributed by atoms with Crippen molar-refractivity contribution in [2.75, 3.05) is 5.32 Å². The fourth-order valence-corrected chi connectivity index (χ4v) is 2.18. The molecule has 0 atom stereocenters. The van der Waals surface area contributed by atoms with Crippen LogP contribution in [0.5, 0.6) is 0 Å². The second-order valence-electron chi connectivity index (χ2n) is 4.98. The van der Waals surface area contributed by atoms with Crippen molar-refractivity contribution in [3.8, 4) is 0 Å². The molecule has 7 nitrogen and oxygen atoms in total. The summed E-state index contributed by atoms with van der Waals surface area (Å²) in [4.78, 5) is 30.9. The van der Waals surface area contributed by atoms with E-state index < -0.39 is 0 Å². The molecular formula is C15H15N5O2. The largest absolute Gasteiger partial charge is 0.323 e. The molecule has 0 spiro atoms. The molecule has 2 heterocycles. The summed E-state index contributed by atoms with van der Waals surface area (Å²) in [5.41, 5.74) is 2.14.